The number of phenolic OH excluding ortho intramolecular Hbond substituents is 1. The Morgan fingerprint density at radius 1 is 0.933 bits per heavy atom. The predicted molar refractivity (Wildman–Crippen MR) is 120 cm³/mol. The molecule has 30 heavy (non-hydrogen) atoms. The van der Waals surface area contributed by atoms with Gasteiger partial charge in [-0.05, 0) is 72.9 Å². The Morgan fingerprint density at radius 3 is 2.30 bits per heavy atom. The molecule has 4 nitrogen and oxygen atoms in total. The van der Waals surface area contributed by atoms with Crippen molar-refractivity contribution < 1.29 is 17.7 Å². The lowest BCUT2D eigenvalue weighted by molar-refractivity contribution is 0.469. The van der Waals surface area contributed by atoms with Crippen LogP contribution in [0.25, 0.3) is 11.1 Å². The number of hydrogen-bond acceptors (Lipinski definition) is 4. The normalized spacial score (nSPS) is 11.1. The van der Waals surface area contributed by atoms with Crippen LogP contribution in [-0.2, 0) is 23.0 Å². The molecule has 0 bridgehead atoms. The molecule has 0 atom stereocenters. The van der Waals surface area contributed by atoms with Gasteiger partial charge in [0.2, 0.25) is 0 Å². The Morgan fingerprint density at radius 2 is 1.63 bits per heavy atom. The first-order valence-corrected chi connectivity index (χ1v) is 10.9. The summed E-state index contributed by atoms with van der Waals surface area (Å²) in [6, 6.07) is 17.0. The van der Waals surface area contributed by atoms with E-state index in [0.717, 1.165) is 16.7 Å². The van der Waals surface area contributed by atoms with Crippen molar-refractivity contribution >= 4 is 10.1 Å². The van der Waals surface area contributed by atoms with E-state index in [1.807, 2.05) is 25.1 Å². The van der Waals surface area contributed by atoms with Crippen LogP contribution in [0.4, 0.5) is 0 Å². The standard InChI is InChI=1S/C25H24O4S/c1-4-6-19-10-15-25(29-30(27,28)22-12-8-18(3)9-13-22)23(16-19)20-11-14-24(26)21(17-20)7-5-2/h4-5,8-17,26H,1-2,6-7H2,3H3. The van der Waals surface area contributed by atoms with E-state index >= 15 is 0 Å². The van der Waals surface area contributed by atoms with Crippen molar-refractivity contribution in [2.45, 2.75) is 24.7 Å². The summed E-state index contributed by atoms with van der Waals surface area (Å²) in [6.45, 7) is 9.37. The zero-order chi connectivity index (χ0) is 21.7. The van der Waals surface area contributed by atoms with Crippen LogP contribution in [0.3, 0.4) is 0 Å². The molecule has 3 rings (SSSR count). The second-order valence-corrected chi connectivity index (χ2v) is 8.56. The molecule has 0 spiro atoms. The Balaban J connectivity index is 2.09. The molecule has 3 aromatic rings. The topological polar surface area (TPSA) is 63.6 Å². The number of aromatic hydroxyl groups is 1. The van der Waals surface area contributed by atoms with E-state index in [1.54, 1.807) is 42.5 Å². The molecule has 0 heterocycles. The summed E-state index contributed by atoms with van der Waals surface area (Å²) in [7, 11) is -4.00. The van der Waals surface area contributed by atoms with Crippen molar-refractivity contribution in [2.24, 2.45) is 0 Å². The van der Waals surface area contributed by atoms with Crippen LogP contribution in [0, 0.1) is 6.92 Å². The molecule has 0 saturated carbocycles. The van der Waals surface area contributed by atoms with Crippen LogP contribution in [-0.4, -0.2) is 13.5 Å². The highest BCUT2D eigenvalue weighted by Gasteiger charge is 2.20. The Labute approximate surface area is 177 Å². The molecule has 0 aliphatic carbocycles. The lowest BCUT2D eigenvalue weighted by Crippen LogP contribution is -2.10. The van der Waals surface area contributed by atoms with Crippen molar-refractivity contribution in [3.05, 3.63) is 103 Å². The van der Waals surface area contributed by atoms with Gasteiger partial charge in [0.25, 0.3) is 0 Å². The van der Waals surface area contributed by atoms with Gasteiger partial charge < -0.3 is 9.29 Å². The third kappa shape index (κ3) is 4.81. The van der Waals surface area contributed by atoms with Gasteiger partial charge in [-0.15, -0.1) is 13.2 Å². The number of allylic oxidation sites excluding steroid dienone is 2. The van der Waals surface area contributed by atoms with Crippen LogP contribution < -0.4 is 4.18 Å². The lowest BCUT2D eigenvalue weighted by atomic mass is 9.97. The summed E-state index contributed by atoms with van der Waals surface area (Å²) >= 11 is 0. The molecule has 0 fully saturated rings. The van der Waals surface area contributed by atoms with Gasteiger partial charge in [-0.3, -0.25) is 0 Å². The van der Waals surface area contributed by atoms with Crippen molar-refractivity contribution in [1.29, 1.82) is 0 Å². The highest BCUT2D eigenvalue weighted by Crippen LogP contribution is 2.35. The zero-order valence-electron chi connectivity index (χ0n) is 16.8. The zero-order valence-corrected chi connectivity index (χ0v) is 17.7. The van der Waals surface area contributed by atoms with E-state index in [9.17, 15) is 13.5 Å². The maximum absolute atomic E-state index is 12.8. The Kier molecular flexibility index (Phi) is 6.43. The number of hydrogen-bond donors (Lipinski definition) is 1. The molecule has 0 radical (unpaired) electrons. The largest absolute Gasteiger partial charge is 0.508 e. The monoisotopic (exact) mass is 420 g/mol. The molecule has 1 N–H and O–H groups in total. The van der Waals surface area contributed by atoms with Crippen LogP contribution >= 0.6 is 0 Å². The van der Waals surface area contributed by atoms with E-state index in [0.29, 0.717) is 24.0 Å². The Bertz CT molecular complexity index is 1180. The minimum absolute atomic E-state index is 0.0901. The predicted octanol–water partition coefficient (Wildman–Crippen LogP) is 5.59. The minimum Gasteiger partial charge on any atom is -0.508 e. The fourth-order valence-corrected chi connectivity index (χ4v) is 4.06. The molecule has 0 aliphatic rings. The summed E-state index contributed by atoms with van der Waals surface area (Å²) in [6.07, 6.45) is 4.61. The van der Waals surface area contributed by atoms with Crippen molar-refractivity contribution in [3.63, 3.8) is 0 Å². The highest BCUT2D eigenvalue weighted by atomic mass is 32.2. The van der Waals surface area contributed by atoms with Gasteiger partial charge in [-0.2, -0.15) is 8.42 Å². The van der Waals surface area contributed by atoms with Gasteiger partial charge in [-0.1, -0.05) is 42.0 Å². The number of phenols is 1. The molecule has 154 valence electrons. The molecule has 0 unspecified atom stereocenters. The first kappa shape index (κ1) is 21.4. The molecular weight excluding hydrogens is 396 g/mol. The molecular formula is C25H24O4S. The van der Waals surface area contributed by atoms with Crippen molar-refractivity contribution in [1.82, 2.24) is 0 Å². The highest BCUT2D eigenvalue weighted by molar-refractivity contribution is 7.87. The maximum Gasteiger partial charge on any atom is 0.339 e. The van der Waals surface area contributed by atoms with Crippen molar-refractivity contribution in [3.8, 4) is 22.6 Å². The summed E-state index contributed by atoms with van der Waals surface area (Å²) in [5, 5.41) is 10.1. The summed E-state index contributed by atoms with van der Waals surface area (Å²) in [4.78, 5) is 0.0901. The van der Waals surface area contributed by atoms with E-state index < -0.39 is 10.1 Å². The third-order valence-corrected chi connectivity index (χ3v) is 5.94. The van der Waals surface area contributed by atoms with Gasteiger partial charge in [0.15, 0.2) is 5.75 Å². The summed E-state index contributed by atoms with van der Waals surface area (Å²) in [5.41, 5.74) is 3.99. The number of rotatable bonds is 8. The van der Waals surface area contributed by atoms with E-state index in [4.69, 9.17) is 4.18 Å². The SMILES string of the molecule is C=CCc1ccc(OS(=O)(=O)c2ccc(C)cc2)c(-c2ccc(O)c(CC=C)c2)c1. The van der Waals surface area contributed by atoms with Crippen LogP contribution in [0.5, 0.6) is 11.5 Å². The smallest absolute Gasteiger partial charge is 0.339 e. The summed E-state index contributed by atoms with van der Waals surface area (Å²) in [5.74, 6) is 0.384. The first-order valence-electron chi connectivity index (χ1n) is 9.52. The fraction of sp³-hybridized carbons (Fsp3) is 0.120. The molecule has 0 saturated heterocycles. The first-order chi connectivity index (χ1) is 14.3. The second-order valence-electron chi connectivity index (χ2n) is 7.01. The van der Waals surface area contributed by atoms with Crippen LogP contribution in [0.15, 0.2) is 90.9 Å². The van der Waals surface area contributed by atoms with Crippen LogP contribution in [0.2, 0.25) is 0 Å². The number of benzene rings is 3. The molecule has 0 amide bonds. The van der Waals surface area contributed by atoms with Gasteiger partial charge in [-0.25, -0.2) is 0 Å². The average Bonchev–Trinajstić information content (AvgIpc) is 2.71. The average molecular weight is 421 g/mol. The lowest BCUT2D eigenvalue weighted by Gasteiger charge is -2.14. The minimum atomic E-state index is -4.00. The molecule has 3 aromatic carbocycles. The van der Waals surface area contributed by atoms with E-state index in [-0.39, 0.29) is 16.4 Å². The quantitative estimate of drug-likeness (QED) is 0.381. The third-order valence-electron chi connectivity index (χ3n) is 4.69. The summed E-state index contributed by atoms with van der Waals surface area (Å²) < 4.78 is 31.2. The second kappa shape index (κ2) is 9.01. The molecule has 5 heteroatoms. The van der Waals surface area contributed by atoms with Crippen molar-refractivity contribution in [2.75, 3.05) is 0 Å². The van der Waals surface area contributed by atoms with Gasteiger partial charge >= 0.3 is 10.1 Å². The maximum atomic E-state index is 12.8. The molecule has 0 aromatic heterocycles. The fourth-order valence-electron chi connectivity index (χ4n) is 3.11. The van der Waals surface area contributed by atoms with Gasteiger partial charge in [0, 0.05) is 5.56 Å². The van der Waals surface area contributed by atoms with Crippen LogP contribution in [0.1, 0.15) is 16.7 Å². The Hall–Kier alpha value is -3.31. The van der Waals surface area contributed by atoms with Gasteiger partial charge in [0.1, 0.15) is 10.6 Å². The van der Waals surface area contributed by atoms with E-state index in [1.165, 1.54) is 12.1 Å². The van der Waals surface area contributed by atoms with Gasteiger partial charge in [0.05, 0.1) is 0 Å². The van der Waals surface area contributed by atoms with E-state index in [2.05, 4.69) is 13.2 Å². The molecule has 0 aliphatic heterocycles. The number of aryl methyl sites for hydroxylation is 1.